The lowest BCUT2D eigenvalue weighted by atomic mass is 9.67. The van der Waals surface area contributed by atoms with Crippen LogP contribution in [0.15, 0.2) is 36.7 Å². The predicted octanol–water partition coefficient (Wildman–Crippen LogP) is 6.94. The number of hydrogen-bond acceptors (Lipinski definition) is 5. The topological polar surface area (TPSA) is 73.7 Å². The van der Waals surface area contributed by atoms with Gasteiger partial charge in [-0.05, 0) is 100 Å². The number of pyridine rings is 1. The van der Waals surface area contributed by atoms with Gasteiger partial charge in [0.15, 0.2) is 0 Å². The van der Waals surface area contributed by atoms with Crippen molar-refractivity contribution in [3.05, 3.63) is 53.1 Å². The maximum absolute atomic E-state index is 15.3. The molecule has 3 aliphatic heterocycles. The summed E-state index contributed by atoms with van der Waals surface area (Å²) in [5.74, 6) is -4.44. The van der Waals surface area contributed by atoms with Gasteiger partial charge in [0.05, 0.1) is 24.1 Å². The SMILES string of the molecule is Cc1cn(C2CCC3(CC2)CCN(C[C@@H]2CCN(c4cc(Cl)ccc4F)CC2(F)F)CC3)c2ncc(N3CCC(=O)NC3=O)cc12. The highest BCUT2D eigenvalue weighted by molar-refractivity contribution is 6.30. The number of alkyl halides is 2. The molecule has 4 aliphatic rings. The minimum atomic E-state index is -2.91. The van der Waals surface area contributed by atoms with Crippen LogP contribution in [0.5, 0.6) is 0 Å². The van der Waals surface area contributed by atoms with E-state index in [1.165, 1.54) is 23.1 Å². The van der Waals surface area contributed by atoms with Gasteiger partial charge in [-0.25, -0.2) is 22.9 Å². The van der Waals surface area contributed by atoms with Crippen molar-refractivity contribution < 1.29 is 22.8 Å². The first kappa shape index (κ1) is 31.3. The molecule has 8 nitrogen and oxygen atoms in total. The average Bonchev–Trinajstić information content (AvgIpc) is 3.36. The van der Waals surface area contributed by atoms with E-state index in [9.17, 15) is 14.0 Å². The first-order valence-corrected chi connectivity index (χ1v) is 16.8. The number of urea groups is 1. The first-order valence-electron chi connectivity index (χ1n) is 16.4. The van der Waals surface area contributed by atoms with E-state index in [0.29, 0.717) is 42.8 Å². The zero-order valence-corrected chi connectivity index (χ0v) is 26.8. The van der Waals surface area contributed by atoms with Gasteiger partial charge >= 0.3 is 6.03 Å². The summed E-state index contributed by atoms with van der Waals surface area (Å²) in [5.41, 5.74) is 3.10. The Balaban J connectivity index is 0.940. The zero-order chi connectivity index (χ0) is 32.2. The number of aryl methyl sites for hydroxylation is 1. The molecule has 1 N–H and O–H groups in total. The molecule has 12 heteroatoms. The number of nitrogens with zero attached hydrogens (tertiary/aromatic N) is 5. The normalized spacial score (nSPS) is 24.2. The molecule has 5 heterocycles. The predicted molar refractivity (Wildman–Crippen MR) is 172 cm³/mol. The third kappa shape index (κ3) is 5.96. The molecule has 3 saturated heterocycles. The number of rotatable bonds is 5. The van der Waals surface area contributed by atoms with E-state index >= 15 is 8.78 Å². The molecular formula is C34H40ClF3N6O2. The molecule has 46 heavy (non-hydrogen) atoms. The van der Waals surface area contributed by atoms with Gasteiger partial charge < -0.3 is 14.4 Å². The Morgan fingerprint density at radius 2 is 1.78 bits per heavy atom. The lowest BCUT2D eigenvalue weighted by Gasteiger charge is -2.48. The molecule has 0 bridgehead atoms. The highest BCUT2D eigenvalue weighted by Crippen LogP contribution is 2.49. The first-order chi connectivity index (χ1) is 22.0. The van der Waals surface area contributed by atoms with Gasteiger partial charge in [-0.15, -0.1) is 0 Å². The second kappa shape index (κ2) is 12.0. The number of benzene rings is 1. The fraction of sp³-hybridized carbons (Fsp3) is 0.559. The summed E-state index contributed by atoms with van der Waals surface area (Å²) in [6, 6.07) is 6.01. The molecule has 1 aromatic carbocycles. The summed E-state index contributed by atoms with van der Waals surface area (Å²) >= 11 is 6.01. The number of anilines is 2. The number of carbonyl (C=O) groups is 2. The van der Waals surface area contributed by atoms with Crippen LogP contribution in [0.25, 0.3) is 11.0 Å². The Morgan fingerprint density at radius 3 is 2.50 bits per heavy atom. The largest absolute Gasteiger partial charge is 0.363 e. The highest BCUT2D eigenvalue weighted by Gasteiger charge is 2.47. The van der Waals surface area contributed by atoms with E-state index in [1.54, 1.807) is 11.1 Å². The van der Waals surface area contributed by atoms with E-state index in [1.807, 2.05) is 6.07 Å². The summed E-state index contributed by atoms with van der Waals surface area (Å²) in [6.45, 7) is 4.32. The van der Waals surface area contributed by atoms with Crippen molar-refractivity contribution in [2.24, 2.45) is 11.3 Å². The van der Waals surface area contributed by atoms with E-state index in [4.69, 9.17) is 16.6 Å². The average molecular weight is 657 g/mol. The Morgan fingerprint density at radius 1 is 1.02 bits per heavy atom. The second-order valence-electron chi connectivity index (χ2n) is 13.8. The monoisotopic (exact) mass is 656 g/mol. The molecule has 7 rings (SSSR count). The van der Waals surface area contributed by atoms with Crippen LogP contribution in [0, 0.1) is 24.1 Å². The number of carbonyl (C=O) groups excluding carboxylic acids is 2. The third-order valence-electron chi connectivity index (χ3n) is 11.0. The second-order valence-corrected chi connectivity index (χ2v) is 14.3. The van der Waals surface area contributed by atoms with Gasteiger partial charge in [0.25, 0.3) is 5.92 Å². The minimum absolute atomic E-state index is 0.148. The molecule has 1 aliphatic carbocycles. The molecule has 1 spiro atoms. The van der Waals surface area contributed by atoms with Gasteiger partial charge in [0, 0.05) is 54.6 Å². The molecule has 1 atom stereocenters. The molecule has 0 unspecified atom stereocenters. The molecule has 2 aromatic heterocycles. The molecule has 4 fully saturated rings. The van der Waals surface area contributed by atoms with Gasteiger partial charge in [0.2, 0.25) is 5.91 Å². The molecular weight excluding hydrogens is 617 g/mol. The highest BCUT2D eigenvalue weighted by atomic mass is 35.5. The number of aromatic nitrogens is 2. The van der Waals surface area contributed by atoms with Crippen LogP contribution in [0.3, 0.4) is 0 Å². The van der Waals surface area contributed by atoms with Crippen molar-refractivity contribution in [2.45, 2.75) is 70.3 Å². The number of amides is 3. The van der Waals surface area contributed by atoms with E-state index in [2.05, 4.69) is 27.9 Å². The fourth-order valence-corrected chi connectivity index (χ4v) is 8.34. The zero-order valence-electron chi connectivity index (χ0n) is 26.1. The molecule has 3 amide bonds. The van der Waals surface area contributed by atoms with Crippen LogP contribution in [-0.4, -0.2) is 71.6 Å². The number of nitrogens with one attached hydrogen (secondary N) is 1. The maximum atomic E-state index is 15.3. The molecule has 0 radical (unpaired) electrons. The quantitative estimate of drug-likeness (QED) is 0.322. The third-order valence-corrected chi connectivity index (χ3v) is 11.3. The standard InChI is InChI=1S/C34H40ClF3N6O2/c1-22-19-44(31-27(22)17-26(18-39-31)43-13-7-30(45)40-32(43)46)25-4-8-33(9-5-25)10-14-41(15-11-33)20-23-6-12-42(21-34(23,37)38)29-16-24(35)2-3-28(29)36/h2-3,16-19,23,25H,4-15,20-21H2,1H3,(H,40,45,46)/t23-/m0/s1. The Labute approximate surface area is 271 Å². The summed E-state index contributed by atoms with van der Waals surface area (Å²) in [6.07, 6.45) is 10.8. The number of hydrogen-bond donors (Lipinski definition) is 1. The van der Waals surface area contributed by atoms with Crippen molar-refractivity contribution in [2.75, 3.05) is 49.1 Å². The number of piperidine rings is 2. The van der Waals surface area contributed by atoms with Crippen LogP contribution in [0.1, 0.15) is 63.0 Å². The van der Waals surface area contributed by atoms with Crippen molar-refractivity contribution in [3.8, 4) is 0 Å². The van der Waals surface area contributed by atoms with Crippen LogP contribution < -0.4 is 15.1 Å². The van der Waals surface area contributed by atoms with E-state index in [0.717, 1.165) is 68.2 Å². The Kier molecular flexibility index (Phi) is 8.20. The van der Waals surface area contributed by atoms with Crippen LogP contribution in [0.2, 0.25) is 5.02 Å². The number of fused-ring (bicyclic) bond motifs is 1. The van der Waals surface area contributed by atoms with Crippen molar-refractivity contribution in [1.82, 2.24) is 19.8 Å². The fourth-order valence-electron chi connectivity index (χ4n) is 8.18. The Hall–Kier alpha value is -3.31. The lowest BCUT2D eigenvalue weighted by Crippen LogP contribution is -2.53. The van der Waals surface area contributed by atoms with Gasteiger partial charge in [-0.3, -0.25) is 15.0 Å². The summed E-state index contributed by atoms with van der Waals surface area (Å²) < 4.78 is 47.3. The minimum Gasteiger partial charge on any atom is -0.363 e. The summed E-state index contributed by atoms with van der Waals surface area (Å²) in [4.78, 5) is 33.9. The maximum Gasteiger partial charge on any atom is 0.328 e. The number of halogens is 4. The summed E-state index contributed by atoms with van der Waals surface area (Å²) in [5, 5.41) is 3.72. The summed E-state index contributed by atoms with van der Waals surface area (Å²) in [7, 11) is 0. The van der Waals surface area contributed by atoms with Gasteiger partial charge in [-0.1, -0.05) is 11.6 Å². The molecule has 3 aromatic rings. The van der Waals surface area contributed by atoms with Crippen LogP contribution >= 0.6 is 11.6 Å². The molecule has 246 valence electrons. The lowest BCUT2D eigenvalue weighted by molar-refractivity contribution is -0.120. The number of imide groups is 1. The van der Waals surface area contributed by atoms with Crippen LogP contribution in [-0.2, 0) is 4.79 Å². The van der Waals surface area contributed by atoms with Gasteiger partial charge in [-0.2, -0.15) is 0 Å². The molecule has 1 saturated carbocycles. The van der Waals surface area contributed by atoms with E-state index < -0.39 is 30.2 Å². The van der Waals surface area contributed by atoms with Crippen molar-refractivity contribution >= 4 is 45.9 Å². The van der Waals surface area contributed by atoms with Gasteiger partial charge in [0.1, 0.15) is 11.5 Å². The van der Waals surface area contributed by atoms with E-state index in [-0.39, 0.29) is 23.4 Å². The van der Waals surface area contributed by atoms with Crippen molar-refractivity contribution in [3.63, 3.8) is 0 Å². The smallest absolute Gasteiger partial charge is 0.328 e. The number of likely N-dealkylation sites (tertiary alicyclic amines) is 1. The van der Waals surface area contributed by atoms with Crippen LogP contribution in [0.4, 0.5) is 29.3 Å². The Bertz CT molecular complexity index is 1640. The van der Waals surface area contributed by atoms with Crippen molar-refractivity contribution in [1.29, 1.82) is 0 Å².